The van der Waals surface area contributed by atoms with Gasteiger partial charge in [0.05, 0.1) is 24.8 Å². The fourth-order valence-corrected chi connectivity index (χ4v) is 6.30. The Hall–Kier alpha value is -1.63. The van der Waals surface area contributed by atoms with Gasteiger partial charge in [-0.3, -0.25) is 0 Å². The molecule has 2 N–H and O–H groups in total. The van der Waals surface area contributed by atoms with Crippen molar-refractivity contribution in [2.24, 2.45) is 27.0 Å². The molecule has 0 amide bonds. The molecule has 2 spiro atoms. The second-order valence-corrected chi connectivity index (χ2v) is 8.81. The maximum atomic E-state index is 10.4. The Labute approximate surface area is 161 Å². The lowest BCUT2D eigenvalue weighted by Crippen LogP contribution is -2.42. The standard InChI is InChI=1S/C21H30N4O2/c1-16-13-26-21(27-16)20(15-23)18(19(20,14-22)17(24)25-21)11-9-7-5-3-2-4-6-8-10-12-18/h16H,2-13H2,1H3,(H2,24,25)/t16-,19-,20+,21+/m0/s1. The predicted molar refractivity (Wildman–Crippen MR) is 100 cm³/mol. The maximum Gasteiger partial charge on any atom is 0.293 e. The minimum atomic E-state index is -1.40. The SMILES string of the molecule is C[C@H]1CO[C@@]2(N=C(N)[C@@]3(C#N)C4(CCCCCCCCCCC4)[C@@]23C#N)O1. The lowest BCUT2D eigenvalue weighted by molar-refractivity contribution is -0.201. The summed E-state index contributed by atoms with van der Waals surface area (Å²) in [5, 5.41) is 20.7. The molecule has 3 fully saturated rings. The van der Waals surface area contributed by atoms with E-state index in [1.807, 2.05) is 6.92 Å². The van der Waals surface area contributed by atoms with E-state index < -0.39 is 22.2 Å². The number of ether oxygens (including phenoxy) is 2. The van der Waals surface area contributed by atoms with Crippen LogP contribution in [0, 0.1) is 38.9 Å². The Kier molecular flexibility index (Phi) is 4.48. The second kappa shape index (κ2) is 6.47. The number of amidine groups is 1. The second-order valence-electron chi connectivity index (χ2n) is 8.81. The van der Waals surface area contributed by atoms with Crippen molar-refractivity contribution in [1.29, 1.82) is 10.5 Å². The summed E-state index contributed by atoms with van der Waals surface area (Å²) in [7, 11) is 0. The number of aliphatic imine (C=N–C) groups is 1. The molecule has 0 aromatic carbocycles. The lowest BCUT2D eigenvalue weighted by Gasteiger charge is -2.32. The zero-order chi connectivity index (χ0) is 19.2. The molecular weight excluding hydrogens is 340 g/mol. The van der Waals surface area contributed by atoms with Crippen LogP contribution in [0.4, 0.5) is 0 Å². The Morgan fingerprint density at radius 3 is 1.96 bits per heavy atom. The van der Waals surface area contributed by atoms with Crippen molar-refractivity contribution in [1.82, 2.24) is 0 Å². The quantitative estimate of drug-likeness (QED) is 0.699. The Balaban J connectivity index is 1.75. The molecule has 0 aromatic heterocycles. The van der Waals surface area contributed by atoms with Gasteiger partial charge in [0, 0.05) is 5.41 Å². The monoisotopic (exact) mass is 370 g/mol. The number of nitrogens with two attached hydrogens (primary N) is 1. The average molecular weight is 370 g/mol. The van der Waals surface area contributed by atoms with Gasteiger partial charge >= 0.3 is 0 Å². The molecule has 4 atom stereocenters. The highest BCUT2D eigenvalue weighted by molar-refractivity contribution is 6.00. The van der Waals surface area contributed by atoms with Crippen LogP contribution in [0.3, 0.4) is 0 Å². The van der Waals surface area contributed by atoms with Crippen LogP contribution >= 0.6 is 0 Å². The third-order valence-electron chi connectivity index (χ3n) is 7.48. The Morgan fingerprint density at radius 2 is 1.52 bits per heavy atom. The van der Waals surface area contributed by atoms with Crippen molar-refractivity contribution in [2.75, 3.05) is 6.61 Å². The molecule has 0 bridgehead atoms. The van der Waals surface area contributed by atoms with Gasteiger partial charge in [-0.25, -0.2) is 4.99 Å². The van der Waals surface area contributed by atoms with Gasteiger partial charge in [-0.1, -0.05) is 57.8 Å². The highest BCUT2D eigenvalue weighted by atomic mass is 16.8. The van der Waals surface area contributed by atoms with Crippen LogP contribution in [0.25, 0.3) is 0 Å². The lowest BCUT2D eigenvalue weighted by atomic mass is 9.80. The first-order valence-electron chi connectivity index (χ1n) is 10.6. The minimum absolute atomic E-state index is 0.162. The molecule has 6 heteroatoms. The normalized spacial score (nSPS) is 43.8. The van der Waals surface area contributed by atoms with Crippen molar-refractivity contribution in [2.45, 2.75) is 89.6 Å². The van der Waals surface area contributed by atoms with E-state index in [1.165, 1.54) is 32.1 Å². The molecule has 0 aromatic rings. The van der Waals surface area contributed by atoms with Crippen molar-refractivity contribution in [3.05, 3.63) is 0 Å². The van der Waals surface area contributed by atoms with Gasteiger partial charge in [-0.05, 0) is 19.8 Å². The average Bonchev–Trinajstić information content (AvgIpc) is 2.81. The highest BCUT2D eigenvalue weighted by Crippen LogP contribution is 2.88. The zero-order valence-corrected chi connectivity index (χ0v) is 16.3. The van der Waals surface area contributed by atoms with Crippen LogP contribution in [-0.4, -0.2) is 24.5 Å². The van der Waals surface area contributed by atoms with Gasteiger partial charge in [-0.2, -0.15) is 10.5 Å². The van der Waals surface area contributed by atoms with Gasteiger partial charge in [0.1, 0.15) is 11.3 Å². The van der Waals surface area contributed by atoms with Crippen molar-refractivity contribution >= 4 is 5.84 Å². The van der Waals surface area contributed by atoms with Gasteiger partial charge in [0.2, 0.25) is 0 Å². The summed E-state index contributed by atoms with van der Waals surface area (Å²) >= 11 is 0. The third kappa shape index (κ3) is 2.09. The van der Waals surface area contributed by atoms with Crippen LogP contribution in [0.15, 0.2) is 4.99 Å². The van der Waals surface area contributed by atoms with E-state index in [0.717, 1.165) is 38.5 Å². The molecule has 2 saturated carbocycles. The summed E-state index contributed by atoms with van der Waals surface area (Å²) in [6.45, 7) is 2.28. The summed E-state index contributed by atoms with van der Waals surface area (Å²) in [6.07, 6.45) is 12.0. The number of nitriles is 2. The molecule has 2 heterocycles. The number of hydrogen-bond acceptors (Lipinski definition) is 6. The first-order chi connectivity index (χ1) is 13.1. The molecule has 146 valence electrons. The predicted octanol–water partition coefficient (Wildman–Crippen LogP) is 3.77. The summed E-state index contributed by atoms with van der Waals surface area (Å²) in [6, 6.07) is 4.95. The minimum Gasteiger partial charge on any atom is -0.386 e. The van der Waals surface area contributed by atoms with E-state index in [1.54, 1.807) is 0 Å². The van der Waals surface area contributed by atoms with Gasteiger partial charge < -0.3 is 15.2 Å². The number of nitrogens with zero attached hydrogens (tertiary/aromatic N) is 3. The molecule has 1 saturated heterocycles. The summed E-state index contributed by atoms with van der Waals surface area (Å²) in [5.74, 6) is -1.16. The number of fused-ring (bicyclic) bond motifs is 4. The van der Waals surface area contributed by atoms with Gasteiger partial charge in [-0.15, -0.1) is 0 Å². The smallest absolute Gasteiger partial charge is 0.293 e. The molecule has 6 nitrogen and oxygen atoms in total. The Morgan fingerprint density at radius 1 is 0.963 bits per heavy atom. The highest BCUT2D eigenvalue weighted by Gasteiger charge is 3.00. The molecule has 4 rings (SSSR count). The summed E-state index contributed by atoms with van der Waals surface area (Å²) in [4.78, 5) is 4.47. The van der Waals surface area contributed by atoms with E-state index in [2.05, 4.69) is 17.1 Å². The molecule has 2 aliphatic heterocycles. The van der Waals surface area contributed by atoms with E-state index in [9.17, 15) is 10.5 Å². The van der Waals surface area contributed by atoms with Crippen LogP contribution in [0.5, 0.6) is 0 Å². The molecule has 2 aliphatic carbocycles. The molecule has 0 unspecified atom stereocenters. The first kappa shape index (κ1) is 18.7. The van der Waals surface area contributed by atoms with E-state index in [0.29, 0.717) is 6.61 Å². The number of hydrogen-bond donors (Lipinski definition) is 1. The zero-order valence-electron chi connectivity index (χ0n) is 16.3. The summed E-state index contributed by atoms with van der Waals surface area (Å²) < 4.78 is 12.1. The first-order valence-corrected chi connectivity index (χ1v) is 10.6. The summed E-state index contributed by atoms with van der Waals surface area (Å²) in [5.41, 5.74) is 3.64. The Bertz CT molecular complexity index is 711. The number of rotatable bonds is 0. The van der Waals surface area contributed by atoms with Crippen molar-refractivity contribution in [3.8, 4) is 12.1 Å². The molecule has 4 aliphatic rings. The van der Waals surface area contributed by atoms with E-state index >= 15 is 0 Å². The molecular formula is C21H30N4O2. The van der Waals surface area contributed by atoms with Crippen LogP contribution < -0.4 is 5.73 Å². The van der Waals surface area contributed by atoms with Crippen LogP contribution in [-0.2, 0) is 9.47 Å². The third-order valence-corrected chi connectivity index (χ3v) is 7.48. The van der Waals surface area contributed by atoms with Crippen LogP contribution in [0.2, 0.25) is 0 Å². The van der Waals surface area contributed by atoms with Gasteiger partial charge in [0.15, 0.2) is 5.41 Å². The van der Waals surface area contributed by atoms with E-state index in [4.69, 9.17) is 15.2 Å². The van der Waals surface area contributed by atoms with Crippen LogP contribution in [0.1, 0.15) is 77.6 Å². The fourth-order valence-electron chi connectivity index (χ4n) is 6.30. The topological polar surface area (TPSA) is 104 Å². The van der Waals surface area contributed by atoms with Crippen molar-refractivity contribution in [3.63, 3.8) is 0 Å². The fraction of sp³-hybridized carbons (Fsp3) is 0.857. The van der Waals surface area contributed by atoms with E-state index in [-0.39, 0.29) is 11.9 Å². The molecule has 0 radical (unpaired) electrons. The van der Waals surface area contributed by atoms with Crippen molar-refractivity contribution < 1.29 is 9.47 Å². The van der Waals surface area contributed by atoms with Gasteiger partial charge in [0.25, 0.3) is 5.91 Å². The maximum absolute atomic E-state index is 10.4. The molecule has 27 heavy (non-hydrogen) atoms. The largest absolute Gasteiger partial charge is 0.386 e.